The number of nitrogens with one attached hydrogen (secondary N) is 1. The molecule has 1 N–H and O–H groups in total. The third kappa shape index (κ3) is 4.28. The largest absolute Gasteiger partial charge is 0.352 e. The van der Waals surface area contributed by atoms with Crippen LogP contribution < -0.4 is 5.32 Å². The molecule has 1 unspecified atom stereocenters. The third-order valence-electron chi connectivity index (χ3n) is 4.60. The van der Waals surface area contributed by atoms with E-state index in [2.05, 4.69) is 11.4 Å². The zero-order chi connectivity index (χ0) is 18.5. The van der Waals surface area contributed by atoms with Crippen LogP contribution in [0.3, 0.4) is 0 Å². The molecule has 5 nitrogen and oxygen atoms in total. The molecule has 3 rings (SSSR count). The van der Waals surface area contributed by atoms with Gasteiger partial charge in [0.15, 0.2) is 0 Å². The van der Waals surface area contributed by atoms with Gasteiger partial charge in [0.25, 0.3) is 0 Å². The molecule has 0 aliphatic carbocycles. The highest BCUT2D eigenvalue weighted by Crippen LogP contribution is 2.21. The normalized spacial score (nSPS) is 16.4. The molecule has 1 fully saturated rings. The maximum absolute atomic E-state index is 12.4. The summed E-state index contributed by atoms with van der Waals surface area (Å²) < 4.78 is 0. The van der Waals surface area contributed by atoms with E-state index in [4.69, 9.17) is 5.26 Å². The number of carbonyl (C=O) groups excluding carboxylic acids is 2. The average Bonchev–Trinajstić information content (AvgIpc) is 3.02. The minimum atomic E-state index is -0.327. The number of benzene rings is 2. The molecule has 2 aromatic carbocycles. The van der Waals surface area contributed by atoms with Gasteiger partial charge >= 0.3 is 0 Å². The zero-order valence-electron chi connectivity index (χ0n) is 14.7. The summed E-state index contributed by atoms with van der Waals surface area (Å²) in [5.74, 6) is -0.434. The second kappa shape index (κ2) is 7.83. The quantitative estimate of drug-likeness (QED) is 0.903. The molecule has 132 valence electrons. The predicted octanol–water partition coefficient (Wildman–Crippen LogP) is 2.53. The molecule has 1 atom stereocenters. The van der Waals surface area contributed by atoms with E-state index in [0.29, 0.717) is 25.2 Å². The van der Waals surface area contributed by atoms with E-state index in [1.807, 2.05) is 37.3 Å². The Morgan fingerprint density at radius 1 is 1.23 bits per heavy atom. The zero-order valence-corrected chi connectivity index (χ0v) is 14.7. The van der Waals surface area contributed by atoms with Gasteiger partial charge in [0, 0.05) is 26.1 Å². The Morgan fingerprint density at radius 3 is 2.73 bits per heavy atom. The van der Waals surface area contributed by atoms with Crippen LogP contribution in [-0.4, -0.2) is 23.3 Å². The highest BCUT2D eigenvalue weighted by atomic mass is 16.2. The Bertz CT molecular complexity index is 852. The van der Waals surface area contributed by atoms with Gasteiger partial charge in [0.2, 0.25) is 11.8 Å². The summed E-state index contributed by atoms with van der Waals surface area (Å²) >= 11 is 0. The van der Waals surface area contributed by atoms with Crippen molar-refractivity contribution in [3.8, 4) is 6.07 Å². The molecule has 1 aliphatic rings. The molecule has 5 heteroatoms. The van der Waals surface area contributed by atoms with Crippen molar-refractivity contribution < 1.29 is 9.59 Å². The van der Waals surface area contributed by atoms with Crippen LogP contribution in [0.2, 0.25) is 0 Å². The van der Waals surface area contributed by atoms with Gasteiger partial charge in [-0.05, 0) is 30.2 Å². The molecule has 1 aliphatic heterocycles. The van der Waals surface area contributed by atoms with Crippen molar-refractivity contribution in [1.82, 2.24) is 10.2 Å². The summed E-state index contributed by atoms with van der Waals surface area (Å²) in [7, 11) is 0. The van der Waals surface area contributed by atoms with Crippen LogP contribution in [-0.2, 0) is 22.7 Å². The molecule has 1 saturated heterocycles. The third-order valence-corrected chi connectivity index (χ3v) is 4.60. The second-order valence-corrected chi connectivity index (χ2v) is 6.69. The number of nitrogens with zero attached hydrogens (tertiary/aromatic N) is 2. The van der Waals surface area contributed by atoms with Gasteiger partial charge in [-0.25, -0.2) is 0 Å². The number of carbonyl (C=O) groups is 2. The van der Waals surface area contributed by atoms with Crippen LogP contribution in [0.25, 0.3) is 0 Å². The topological polar surface area (TPSA) is 73.2 Å². The number of rotatable bonds is 5. The molecule has 0 aromatic heterocycles. The molecule has 2 amide bonds. The fourth-order valence-corrected chi connectivity index (χ4v) is 3.10. The lowest BCUT2D eigenvalue weighted by Gasteiger charge is -2.17. The molecule has 0 saturated carbocycles. The van der Waals surface area contributed by atoms with Crippen molar-refractivity contribution in [3.63, 3.8) is 0 Å². The van der Waals surface area contributed by atoms with Crippen LogP contribution in [0, 0.1) is 24.2 Å². The number of hydrogen-bond donors (Lipinski definition) is 1. The van der Waals surface area contributed by atoms with Gasteiger partial charge in [0.1, 0.15) is 0 Å². The Labute approximate surface area is 153 Å². The lowest BCUT2D eigenvalue weighted by atomic mass is 10.1. The summed E-state index contributed by atoms with van der Waals surface area (Å²) in [5.41, 5.74) is 3.69. The van der Waals surface area contributed by atoms with E-state index in [9.17, 15) is 9.59 Å². The Hall–Kier alpha value is -3.13. The first-order valence-corrected chi connectivity index (χ1v) is 8.65. The Kier molecular flexibility index (Phi) is 5.33. The van der Waals surface area contributed by atoms with Gasteiger partial charge in [-0.1, -0.05) is 42.0 Å². The standard InChI is InChI=1S/C21H21N3O2/c1-15-5-7-16(8-6-15)13-24-14-19(10-20(24)25)21(26)23-12-18-4-2-3-17(9-18)11-22/h2-9,19H,10,12-14H2,1H3,(H,23,26). The van der Waals surface area contributed by atoms with E-state index < -0.39 is 0 Å². The SMILES string of the molecule is Cc1ccc(CN2CC(C(=O)NCc3cccc(C#N)c3)CC2=O)cc1. The summed E-state index contributed by atoms with van der Waals surface area (Å²) in [4.78, 5) is 26.4. The van der Waals surface area contributed by atoms with Crippen molar-refractivity contribution in [3.05, 3.63) is 70.8 Å². The van der Waals surface area contributed by atoms with E-state index in [1.54, 1.807) is 23.1 Å². The van der Waals surface area contributed by atoms with E-state index in [1.165, 1.54) is 5.56 Å². The molecule has 26 heavy (non-hydrogen) atoms. The van der Waals surface area contributed by atoms with Crippen molar-refractivity contribution in [1.29, 1.82) is 5.26 Å². The fourth-order valence-electron chi connectivity index (χ4n) is 3.10. The van der Waals surface area contributed by atoms with Crippen LogP contribution in [0.4, 0.5) is 0 Å². The number of aryl methyl sites for hydroxylation is 1. The molecule has 1 heterocycles. The first kappa shape index (κ1) is 17.7. The van der Waals surface area contributed by atoms with Crippen LogP contribution >= 0.6 is 0 Å². The van der Waals surface area contributed by atoms with E-state index in [-0.39, 0.29) is 24.2 Å². The van der Waals surface area contributed by atoms with Gasteiger partial charge in [-0.15, -0.1) is 0 Å². The first-order chi connectivity index (χ1) is 12.5. The number of amides is 2. The van der Waals surface area contributed by atoms with Gasteiger partial charge < -0.3 is 10.2 Å². The minimum absolute atomic E-state index is 0.0113. The summed E-state index contributed by atoms with van der Waals surface area (Å²) in [5, 5.41) is 11.8. The van der Waals surface area contributed by atoms with Crippen molar-refractivity contribution in [2.75, 3.05) is 6.54 Å². The Morgan fingerprint density at radius 2 is 2.00 bits per heavy atom. The number of nitriles is 1. The lowest BCUT2D eigenvalue weighted by molar-refractivity contribution is -0.129. The van der Waals surface area contributed by atoms with Gasteiger partial charge in [0.05, 0.1) is 17.6 Å². The summed E-state index contributed by atoms with van der Waals surface area (Å²) in [6.45, 7) is 3.36. The van der Waals surface area contributed by atoms with Crippen molar-refractivity contribution in [2.45, 2.75) is 26.4 Å². The maximum Gasteiger partial charge on any atom is 0.225 e. The van der Waals surface area contributed by atoms with Crippen molar-refractivity contribution in [2.24, 2.45) is 5.92 Å². The van der Waals surface area contributed by atoms with Crippen molar-refractivity contribution >= 4 is 11.8 Å². The minimum Gasteiger partial charge on any atom is -0.352 e. The monoisotopic (exact) mass is 347 g/mol. The smallest absolute Gasteiger partial charge is 0.225 e. The maximum atomic E-state index is 12.4. The van der Waals surface area contributed by atoms with Gasteiger partial charge in [-0.2, -0.15) is 5.26 Å². The van der Waals surface area contributed by atoms with Crippen LogP contribution in [0.15, 0.2) is 48.5 Å². The highest BCUT2D eigenvalue weighted by Gasteiger charge is 2.34. The van der Waals surface area contributed by atoms with Crippen LogP contribution in [0.1, 0.15) is 28.7 Å². The first-order valence-electron chi connectivity index (χ1n) is 8.65. The van der Waals surface area contributed by atoms with E-state index >= 15 is 0 Å². The number of likely N-dealkylation sites (tertiary alicyclic amines) is 1. The number of hydrogen-bond acceptors (Lipinski definition) is 3. The van der Waals surface area contributed by atoms with Gasteiger partial charge in [-0.3, -0.25) is 9.59 Å². The summed E-state index contributed by atoms with van der Waals surface area (Å²) in [6.07, 6.45) is 0.246. The molecule has 2 aromatic rings. The molecule has 0 spiro atoms. The molecular weight excluding hydrogens is 326 g/mol. The second-order valence-electron chi connectivity index (χ2n) is 6.69. The molecule has 0 bridgehead atoms. The van der Waals surface area contributed by atoms with Crippen LogP contribution in [0.5, 0.6) is 0 Å². The Balaban J connectivity index is 1.54. The average molecular weight is 347 g/mol. The highest BCUT2D eigenvalue weighted by molar-refractivity contribution is 5.89. The molecule has 0 radical (unpaired) electrons. The summed E-state index contributed by atoms with van der Waals surface area (Å²) in [6, 6.07) is 17.3. The lowest BCUT2D eigenvalue weighted by Crippen LogP contribution is -2.32. The predicted molar refractivity (Wildman–Crippen MR) is 97.7 cm³/mol. The fraction of sp³-hybridized carbons (Fsp3) is 0.286. The molecular formula is C21H21N3O2. The van der Waals surface area contributed by atoms with E-state index in [0.717, 1.165) is 11.1 Å².